The lowest BCUT2D eigenvalue weighted by Crippen LogP contribution is -2.40. The number of fused-ring (bicyclic) bond motifs is 1. The molecule has 162 valence electrons. The van der Waals surface area contributed by atoms with Gasteiger partial charge in [-0.2, -0.15) is 0 Å². The number of nitrogens with zero attached hydrogens (tertiary/aromatic N) is 2. The van der Waals surface area contributed by atoms with E-state index < -0.39 is 0 Å². The van der Waals surface area contributed by atoms with E-state index in [1.165, 1.54) is 37.7 Å². The number of para-hydroxylation sites is 1. The molecule has 1 aliphatic carbocycles. The first-order valence-electron chi connectivity index (χ1n) is 11.2. The van der Waals surface area contributed by atoms with Crippen molar-refractivity contribution in [2.75, 3.05) is 31.5 Å². The lowest BCUT2D eigenvalue weighted by Gasteiger charge is -2.24. The molecule has 2 aliphatic rings. The van der Waals surface area contributed by atoms with Crippen LogP contribution in [-0.2, 0) is 0 Å². The van der Waals surface area contributed by atoms with Gasteiger partial charge in [-0.1, -0.05) is 43.5 Å². The van der Waals surface area contributed by atoms with Crippen LogP contribution in [0.3, 0.4) is 0 Å². The third kappa shape index (κ3) is 5.32. The van der Waals surface area contributed by atoms with Crippen LogP contribution in [0.25, 0.3) is 0 Å². The van der Waals surface area contributed by atoms with Gasteiger partial charge in [0.2, 0.25) is 0 Å². The van der Waals surface area contributed by atoms with E-state index in [0.717, 1.165) is 5.69 Å². The summed E-state index contributed by atoms with van der Waals surface area (Å²) in [6.45, 7) is 1.83. The Balaban J connectivity index is 1.43. The number of anilines is 1. The van der Waals surface area contributed by atoms with Gasteiger partial charge >= 0.3 is 0 Å². The van der Waals surface area contributed by atoms with Crippen LogP contribution in [0.1, 0.15) is 64.3 Å². The molecule has 31 heavy (non-hydrogen) atoms. The molecule has 2 aromatic carbocycles. The van der Waals surface area contributed by atoms with E-state index in [9.17, 15) is 9.59 Å². The van der Waals surface area contributed by atoms with Crippen LogP contribution in [0.2, 0.25) is 0 Å². The third-order valence-electron chi connectivity index (χ3n) is 6.17. The average molecular weight is 419 g/mol. The van der Waals surface area contributed by atoms with Gasteiger partial charge in [0, 0.05) is 25.2 Å². The van der Waals surface area contributed by atoms with Crippen molar-refractivity contribution in [3.63, 3.8) is 0 Å². The highest BCUT2D eigenvalue weighted by Gasteiger charge is 2.19. The molecule has 0 radical (unpaired) electrons. The zero-order valence-corrected chi connectivity index (χ0v) is 17.8. The number of rotatable bonds is 2. The molecule has 4 rings (SSSR count). The lowest BCUT2D eigenvalue weighted by atomic mass is 9.84. The molecule has 0 atom stereocenters. The minimum Gasteiger partial charge on any atom is -0.350 e. The highest BCUT2D eigenvalue weighted by molar-refractivity contribution is 6.01. The Morgan fingerprint density at radius 2 is 1.74 bits per heavy atom. The standard InChI is InChI=1S/C25H30N4O2/c30-24-22-8-4-5-9-23(22)28-18-26-14-16-29(17-15-27-24)25(31)21-12-10-20(11-13-21)19-6-2-1-3-7-19/h4-5,8-13,18-19H,1-3,6-7,14-17H2,(H,26,28)(H,27,30). The van der Waals surface area contributed by atoms with Crippen molar-refractivity contribution < 1.29 is 9.59 Å². The molecule has 6 nitrogen and oxygen atoms in total. The number of nitrogens with one attached hydrogen (secondary N) is 2. The summed E-state index contributed by atoms with van der Waals surface area (Å²) in [5.41, 5.74) is 3.30. The van der Waals surface area contributed by atoms with Gasteiger partial charge in [0.1, 0.15) is 0 Å². The summed E-state index contributed by atoms with van der Waals surface area (Å²) in [5.74, 6) is 0.436. The molecule has 0 bridgehead atoms. The molecule has 2 amide bonds. The molecule has 1 aliphatic heterocycles. The Morgan fingerprint density at radius 3 is 2.55 bits per heavy atom. The van der Waals surface area contributed by atoms with Crippen LogP contribution in [-0.4, -0.2) is 49.2 Å². The molecule has 0 spiro atoms. The van der Waals surface area contributed by atoms with Crippen LogP contribution in [0.5, 0.6) is 0 Å². The summed E-state index contributed by atoms with van der Waals surface area (Å²) in [6, 6.07) is 15.4. The van der Waals surface area contributed by atoms with Gasteiger partial charge in [-0.3, -0.25) is 14.6 Å². The van der Waals surface area contributed by atoms with Gasteiger partial charge in [-0.15, -0.1) is 0 Å². The SMILES string of the molecule is O=C1NCCN(C(=O)c2ccc(C3CCCCC3)cc2)CCN=CNc2ccccc21. The topological polar surface area (TPSA) is 73.8 Å². The molecule has 0 unspecified atom stereocenters. The molecule has 0 saturated heterocycles. The van der Waals surface area contributed by atoms with E-state index in [0.29, 0.717) is 43.2 Å². The zero-order valence-electron chi connectivity index (χ0n) is 17.8. The largest absolute Gasteiger partial charge is 0.350 e. The second-order valence-corrected chi connectivity index (χ2v) is 8.23. The van der Waals surface area contributed by atoms with Gasteiger partial charge in [0.25, 0.3) is 11.8 Å². The second-order valence-electron chi connectivity index (χ2n) is 8.23. The normalized spacial score (nSPS) is 18.2. The summed E-state index contributed by atoms with van der Waals surface area (Å²) in [6.07, 6.45) is 8.01. The van der Waals surface area contributed by atoms with Gasteiger partial charge in [0.05, 0.1) is 24.1 Å². The summed E-state index contributed by atoms with van der Waals surface area (Å²) >= 11 is 0. The second kappa shape index (κ2) is 10.2. The van der Waals surface area contributed by atoms with Gasteiger partial charge in [0.15, 0.2) is 0 Å². The smallest absolute Gasteiger partial charge is 0.253 e. The van der Waals surface area contributed by atoms with Gasteiger partial charge in [-0.25, -0.2) is 0 Å². The summed E-state index contributed by atoms with van der Waals surface area (Å²) in [4.78, 5) is 31.8. The molecule has 1 heterocycles. The maximum absolute atomic E-state index is 13.1. The molecule has 2 aromatic rings. The third-order valence-corrected chi connectivity index (χ3v) is 6.17. The summed E-state index contributed by atoms with van der Waals surface area (Å²) < 4.78 is 0. The molecule has 6 heteroatoms. The maximum atomic E-state index is 13.1. The van der Waals surface area contributed by atoms with E-state index in [1.807, 2.05) is 30.3 Å². The fraction of sp³-hybridized carbons (Fsp3) is 0.400. The van der Waals surface area contributed by atoms with Crippen molar-refractivity contribution in [1.29, 1.82) is 0 Å². The van der Waals surface area contributed by atoms with Crippen molar-refractivity contribution in [3.8, 4) is 0 Å². The lowest BCUT2D eigenvalue weighted by molar-refractivity contribution is 0.0753. The van der Waals surface area contributed by atoms with E-state index in [2.05, 4.69) is 27.8 Å². The van der Waals surface area contributed by atoms with Gasteiger partial charge in [-0.05, 0) is 48.6 Å². The fourth-order valence-electron chi connectivity index (χ4n) is 4.40. The highest BCUT2D eigenvalue weighted by atomic mass is 16.2. The van der Waals surface area contributed by atoms with Crippen molar-refractivity contribution in [2.24, 2.45) is 4.99 Å². The first-order valence-corrected chi connectivity index (χ1v) is 11.2. The molecule has 2 N–H and O–H groups in total. The Kier molecular flexibility index (Phi) is 6.97. The van der Waals surface area contributed by atoms with Crippen LogP contribution >= 0.6 is 0 Å². The monoisotopic (exact) mass is 418 g/mol. The Hall–Kier alpha value is -3.15. The molecular formula is C25H30N4O2. The van der Waals surface area contributed by atoms with Crippen LogP contribution in [0, 0.1) is 0 Å². The Morgan fingerprint density at radius 1 is 0.968 bits per heavy atom. The first kappa shape index (κ1) is 21.1. The molecule has 1 fully saturated rings. The predicted molar refractivity (Wildman–Crippen MR) is 124 cm³/mol. The Labute approximate surface area is 183 Å². The van der Waals surface area contributed by atoms with Crippen molar-refractivity contribution >= 4 is 23.8 Å². The predicted octanol–water partition coefficient (Wildman–Crippen LogP) is 4.06. The van der Waals surface area contributed by atoms with Crippen molar-refractivity contribution in [2.45, 2.75) is 38.0 Å². The average Bonchev–Trinajstić information content (AvgIpc) is 2.82. The number of aliphatic imine (C=N–C) groups is 1. The van der Waals surface area contributed by atoms with E-state index >= 15 is 0 Å². The molecule has 1 saturated carbocycles. The van der Waals surface area contributed by atoms with Crippen molar-refractivity contribution in [1.82, 2.24) is 10.2 Å². The zero-order chi connectivity index (χ0) is 21.5. The number of hydrogen-bond acceptors (Lipinski definition) is 4. The minimum atomic E-state index is -0.165. The van der Waals surface area contributed by atoms with E-state index in [4.69, 9.17) is 0 Å². The summed E-state index contributed by atoms with van der Waals surface area (Å²) in [5, 5.41) is 6.00. The van der Waals surface area contributed by atoms with Gasteiger partial charge < -0.3 is 15.5 Å². The number of carbonyl (C=O) groups is 2. The van der Waals surface area contributed by atoms with E-state index in [-0.39, 0.29) is 11.8 Å². The quantitative estimate of drug-likeness (QED) is 0.772. The van der Waals surface area contributed by atoms with Crippen LogP contribution < -0.4 is 10.6 Å². The number of carbonyl (C=O) groups excluding carboxylic acids is 2. The van der Waals surface area contributed by atoms with Crippen LogP contribution in [0.15, 0.2) is 53.5 Å². The van der Waals surface area contributed by atoms with Crippen molar-refractivity contribution in [3.05, 3.63) is 65.2 Å². The molecular weight excluding hydrogens is 388 g/mol. The van der Waals surface area contributed by atoms with Crippen LogP contribution in [0.4, 0.5) is 5.69 Å². The Bertz CT molecular complexity index is 933. The number of amides is 2. The maximum Gasteiger partial charge on any atom is 0.253 e. The summed E-state index contributed by atoms with van der Waals surface area (Å²) in [7, 11) is 0. The minimum absolute atomic E-state index is 0.0231. The number of hydrogen-bond donors (Lipinski definition) is 2. The fourth-order valence-corrected chi connectivity index (χ4v) is 4.40. The molecule has 0 aromatic heterocycles. The van der Waals surface area contributed by atoms with E-state index in [1.54, 1.807) is 17.3 Å². The first-order chi connectivity index (χ1) is 15.2. The highest BCUT2D eigenvalue weighted by Crippen LogP contribution is 2.32. The number of benzene rings is 2.